The van der Waals surface area contributed by atoms with E-state index in [0.717, 1.165) is 24.6 Å². The van der Waals surface area contributed by atoms with Gasteiger partial charge in [-0.25, -0.2) is 13.9 Å². The molecule has 1 unspecified atom stereocenters. The lowest BCUT2D eigenvalue weighted by Gasteiger charge is -2.39. The third-order valence-electron chi connectivity index (χ3n) is 6.33. The first-order chi connectivity index (χ1) is 14.8. The summed E-state index contributed by atoms with van der Waals surface area (Å²) in [5.41, 5.74) is 0.443. The molecule has 10 heteroatoms. The molecule has 0 radical (unpaired) electrons. The third-order valence-corrected chi connectivity index (χ3v) is 8.61. The molecule has 31 heavy (non-hydrogen) atoms. The van der Waals surface area contributed by atoms with Crippen LogP contribution in [0.15, 0.2) is 28.9 Å². The fourth-order valence-electron chi connectivity index (χ4n) is 4.15. The predicted octanol–water partition coefficient (Wildman–Crippen LogP) is 2.01. The molecule has 1 aliphatic carbocycles. The molecular weight excluding hydrogens is 418 g/mol. The van der Waals surface area contributed by atoms with E-state index in [2.05, 4.69) is 14.4 Å². The zero-order valence-electron chi connectivity index (χ0n) is 18.0. The molecule has 1 atom stereocenters. The Kier molecular flexibility index (Phi) is 6.11. The standard InChI is InChI=1S/C21H29N5O4S/c1-21(8-4-9-21)30-15-19(28)25-11-6-17(7-12-25)31(2,29)24-18(27)14-26-20-16(13-23-26)5-3-10-22-20/h3,5,10,13,17H,4,6-9,11-12,14-15H2,1-2H3. The van der Waals surface area contributed by atoms with E-state index in [4.69, 9.17) is 4.74 Å². The Morgan fingerprint density at radius 3 is 2.74 bits per heavy atom. The first-order valence-corrected chi connectivity index (χ1v) is 12.7. The van der Waals surface area contributed by atoms with Gasteiger partial charge in [-0.2, -0.15) is 9.46 Å². The molecule has 168 valence electrons. The first kappa shape index (κ1) is 21.9. The molecule has 0 N–H and O–H groups in total. The van der Waals surface area contributed by atoms with Crippen LogP contribution < -0.4 is 0 Å². The Labute approximate surface area is 182 Å². The van der Waals surface area contributed by atoms with Gasteiger partial charge >= 0.3 is 0 Å². The molecule has 1 saturated carbocycles. The van der Waals surface area contributed by atoms with Crippen LogP contribution >= 0.6 is 0 Å². The normalized spacial score (nSPS) is 20.8. The molecule has 0 spiro atoms. The lowest BCUT2D eigenvalue weighted by Crippen LogP contribution is -2.46. The summed E-state index contributed by atoms with van der Waals surface area (Å²) in [6.07, 6.45) is 9.07. The van der Waals surface area contributed by atoms with Gasteiger partial charge in [-0.3, -0.25) is 9.59 Å². The number of piperidine rings is 1. The van der Waals surface area contributed by atoms with Gasteiger partial charge in [0.25, 0.3) is 5.91 Å². The number of hydrogen-bond acceptors (Lipinski definition) is 6. The van der Waals surface area contributed by atoms with Crippen LogP contribution in [0.3, 0.4) is 0 Å². The van der Waals surface area contributed by atoms with Gasteiger partial charge in [-0.1, -0.05) is 0 Å². The van der Waals surface area contributed by atoms with E-state index in [1.54, 1.807) is 23.4 Å². The largest absolute Gasteiger partial charge is 0.365 e. The average Bonchev–Trinajstić information content (AvgIpc) is 3.13. The van der Waals surface area contributed by atoms with Crippen LogP contribution in [-0.4, -0.2) is 72.5 Å². The topological polar surface area (TPSA) is 107 Å². The lowest BCUT2D eigenvalue weighted by atomic mass is 9.82. The molecule has 2 aromatic rings. The smallest absolute Gasteiger partial charge is 0.275 e. The van der Waals surface area contributed by atoms with Crippen LogP contribution in [0, 0.1) is 0 Å². The summed E-state index contributed by atoms with van der Waals surface area (Å²) < 4.78 is 24.5. The molecule has 4 rings (SSSR count). The summed E-state index contributed by atoms with van der Waals surface area (Å²) in [5, 5.41) is 4.79. The minimum Gasteiger partial charge on any atom is -0.365 e. The van der Waals surface area contributed by atoms with E-state index in [1.165, 1.54) is 10.9 Å². The molecule has 3 heterocycles. The number of amides is 2. The minimum absolute atomic E-state index is 0.0275. The Hall–Kier alpha value is -2.33. The molecule has 2 fully saturated rings. The number of likely N-dealkylation sites (tertiary alicyclic amines) is 1. The van der Waals surface area contributed by atoms with Crippen molar-refractivity contribution in [3.05, 3.63) is 24.5 Å². The highest BCUT2D eigenvalue weighted by Crippen LogP contribution is 2.34. The number of carbonyl (C=O) groups is 2. The number of hydrogen-bond donors (Lipinski definition) is 0. The second-order valence-electron chi connectivity index (χ2n) is 8.74. The van der Waals surface area contributed by atoms with Crippen LogP contribution in [0.2, 0.25) is 0 Å². The third kappa shape index (κ3) is 4.95. The highest BCUT2D eigenvalue weighted by atomic mass is 32.2. The molecule has 2 aliphatic rings. The highest BCUT2D eigenvalue weighted by Gasteiger charge is 2.34. The van der Waals surface area contributed by atoms with E-state index in [-0.39, 0.29) is 29.9 Å². The Balaban J connectivity index is 1.32. The SMILES string of the molecule is CC1(OCC(=O)N2CCC(S(C)(=O)=NC(=O)Cn3ncc4cccnc43)CC2)CCC1. The van der Waals surface area contributed by atoms with Gasteiger partial charge in [0, 0.05) is 36.2 Å². The Morgan fingerprint density at radius 2 is 2.06 bits per heavy atom. The fraction of sp³-hybridized carbons (Fsp3) is 0.619. The van der Waals surface area contributed by atoms with Crippen molar-refractivity contribution in [3.8, 4) is 0 Å². The van der Waals surface area contributed by atoms with Gasteiger partial charge in [0.1, 0.15) is 13.2 Å². The van der Waals surface area contributed by atoms with Gasteiger partial charge in [0.05, 0.1) is 21.5 Å². The van der Waals surface area contributed by atoms with Crippen molar-refractivity contribution in [2.24, 2.45) is 4.36 Å². The zero-order chi connectivity index (χ0) is 22.1. The maximum absolute atomic E-state index is 13.2. The average molecular weight is 448 g/mol. The summed E-state index contributed by atoms with van der Waals surface area (Å²) in [4.78, 5) is 30.9. The number of nitrogens with zero attached hydrogens (tertiary/aromatic N) is 5. The molecule has 1 saturated heterocycles. The van der Waals surface area contributed by atoms with Gasteiger partial charge < -0.3 is 9.64 Å². The monoisotopic (exact) mass is 447 g/mol. The lowest BCUT2D eigenvalue weighted by molar-refractivity contribution is -0.149. The Bertz CT molecular complexity index is 1090. The summed E-state index contributed by atoms with van der Waals surface area (Å²) >= 11 is 0. The van der Waals surface area contributed by atoms with E-state index >= 15 is 0 Å². The van der Waals surface area contributed by atoms with Crippen molar-refractivity contribution in [1.82, 2.24) is 19.7 Å². The van der Waals surface area contributed by atoms with Crippen molar-refractivity contribution in [1.29, 1.82) is 0 Å². The second-order valence-corrected chi connectivity index (χ2v) is 11.3. The molecule has 0 bridgehead atoms. The van der Waals surface area contributed by atoms with Crippen molar-refractivity contribution in [2.75, 3.05) is 26.0 Å². The quantitative estimate of drug-likeness (QED) is 0.670. The van der Waals surface area contributed by atoms with Gasteiger partial charge in [-0.05, 0) is 51.2 Å². The van der Waals surface area contributed by atoms with E-state index in [0.29, 0.717) is 31.6 Å². The number of carbonyl (C=O) groups excluding carboxylic acids is 2. The molecule has 2 amide bonds. The number of aromatic nitrogens is 3. The molecule has 9 nitrogen and oxygen atoms in total. The van der Waals surface area contributed by atoms with Crippen LogP contribution in [0.1, 0.15) is 39.0 Å². The van der Waals surface area contributed by atoms with Crippen LogP contribution in [0.25, 0.3) is 11.0 Å². The molecule has 1 aliphatic heterocycles. The maximum atomic E-state index is 13.2. The summed E-state index contributed by atoms with van der Waals surface area (Å²) in [6.45, 7) is 3.05. The van der Waals surface area contributed by atoms with Gasteiger partial charge in [0.15, 0.2) is 5.65 Å². The highest BCUT2D eigenvalue weighted by molar-refractivity contribution is 7.93. The molecular formula is C21H29N5O4S. The first-order valence-electron chi connectivity index (χ1n) is 10.7. The Morgan fingerprint density at radius 1 is 1.32 bits per heavy atom. The van der Waals surface area contributed by atoms with E-state index in [1.807, 2.05) is 13.0 Å². The maximum Gasteiger partial charge on any atom is 0.275 e. The number of fused-ring (bicyclic) bond motifs is 1. The van der Waals surface area contributed by atoms with Crippen LogP contribution in [0.4, 0.5) is 0 Å². The summed E-state index contributed by atoms with van der Waals surface area (Å²) in [6, 6.07) is 3.67. The van der Waals surface area contributed by atoms with Gasteiger partial charge in [-0.15, -0.1) is 0 Å². The van der Waals surface area contributed by atoms with Crippen LogP contribution in [0.5, 0.6) is 0 Å². The summed E-state index contributed by atoms with van der Waals surface area (Å²) in [5.74, 6) is -0.510. The van der Waals surface area contributed by atoms with Crippen molar-refractivity contribution >= 4 is 32.6 Å². The van der Waals surface area contributed by atoms with Crippen LogP contribution in [-0.2, 0) is 30.6 Å². The summed E-state index contributed by atoms with van der Waals surface area (Å²) in [7, 11) is -2.72. The second kappa shape index (κ2) is 8.66. The molecule has 0 aromatic carbocycles. The number of rotatable bonds is 6. The van der Waals surface area contributed by atoms with Crippen molar-refractivity contribution in [3.63, 3.8) is 0 Å². The van der Waals surface area contributed by atoms with Gasteiger partial charge in [0.2, 0.25) is 5.91 Å². The van der Waals surface area contributed by atoms with Crippen molar-refractivity contribution < 1.29 is 18.5 Å². The predicted molar refractivity (Wildman–Crippen MR) is 117 cm³/mol. The van der Waals surface area contributed by atoms with Crippen molar-refractivity contribution in [2.45, 2.75) is 56.4 Å². The number of ether oxygens (including phenoxy) is 1. The molecule has 2 aromatic heterocycles. The van der Waals surface area contributed by atoms with E-state index < -0.39 is 15.6 Å². The van der Waals surface area contributed by atoms with E-state index in [9.17, 15) is 13.8 Å². The minimum atomic E-state index is -2.72. The number of pyridine rings is 1. The fourth-order valence-corrected chi connectivity index (χ4v) is 5.85. The zero-order valence-corrected chi connectivity index (χ0v) is 18.8.